The van der Waals surface area contributed by atoms with Gasteiger partial charge in [-0.1, -0.05) is 13.0 Å². The minimum atomic E-state index is 0.859. The molecule has 0 aliphatic rings. The molecule has 3 nitrogen and oxygen atoms in total. The van der Waals surface area contributed by atoms with Crippen LogP contribution in [-0.4, -0.2) is 18.1 Å². The van der Waals surface area contributed by atoms with Gasteiger partial charge in [0.05, 0.1) is 0 Å². The lowest BCUT2D eigenvalue weighted by Crippen LogP contribution is -2.15. The van der Waals surface area contributed by atoms with Gasteiger partial charge in [-0.2, -0.15) is 0 Å². The third kappa shape index (κ3) is 1.93. The predicted octanol–water partition coefficient (Wildman–Crippen LogP) is 1.98. The largest absolute Gasteiger partial charge is 0.443 e. The first kappa shape index (κ1) is 9.21. The number of oxazole rings is 1. The average molecular weight is 190 g/mol. The van der Waals surface area contributed by atoms with E-state index in [1.807, 2.05) is 6.07 Å². The van der Waals surface area contributed by atoms with Crippen LogP contribution in [0.15, 0.2) is 29.0 Å². The number of nitrogens with one attached hydrogen (secondary N) is 1. The highest BCUT2D eigenvalue weighted by molar-refractivity contribution is 5.72. The van der Waals surface area contributed by atoms with Crippen molar-refractivity contribution in [3.05, 3.63) is 30.2 Å². The summed E-state index contributed by atoms with van der Waals surface area (Å²) in [4.78, 5) is 4.12. The van der Waals surface area contributed by atoms with Crippen LogP contribution in [0.1, 0.15) is 12.5 Å². The second kappa shape index (κ2) is 4.24. The van der Waals surface area contributed by atoms with Gasteiger partial charge in [-0.3, -0.25) is 0 Å². The quantitative estimate of drug-likeness (QED) is 0.749. The summed E-state index contributed by atoms with van der Waals surface area (Å²) in [6.07, 6.45) is 2.52. The lowest BCUT2D eigenvalue weighted by molar-refractivity contribution is 0.602. The summed E-state index contributed by atoms with van der Waals surface area (Å²) in [6, 6.07) is 6.14. The zero-order chi connectivity index (χ0) is 9.80. The molecule has 0 saturated carbocycles. The van der Waals surface area contributed by atoms with Crippen LogP contribution >= 0.6 is 0 Å². The molecule has 0 aliphatic carbocycles. The van der Waals surface area contributed by atoms with Gasteiger partial charge in [0.1, 0.15) is 5.52 Å². The number of benzene rings is 1. The summed E-state index contributed by atoms with van der Waals surface area (Å²) in [5, 5.41) is 3.29. The van der Waals surface area contributed by atoms with Gasteiger partial charge in [0.15, 0.2) is 12.0 Å². The van der Waals surface area contributed by atoms with Gasteiger partial charge in [0.25, 0.3) is 0 Å². The Labute approximate surface area is 83.1 Å². The Balaban J connectivity index is 2.10. The molecule has 0 spiro atoms. The Hall–Kier alpha value is -1.35. The molecule has 2 rings (SSSR count). The molecule has 14 heavy (non-hydrogen) atoms. The van der Waals surface area contributed by atoms with Crippen LogP contribution in [0.4, 0.5) is 0 Å². The summed E-state index contributed by atoms with van der Waals surface area (Å²) in [5.74, 6) is 0. The third-order valence-electron chi connectivity index (χ3n) is 2.24. The van der Waals surface area contributed by atoms with Crippen molar-refractivity contribution < 1.29 is 4.42 Å². The normalized spacial score (nSPS) is 10.9. The van der Waals surface area contributed by atoms with Crippen molar-refractivity contribution in [3.8, 4) is 0 Å². The van der Waals surface area contributed by atoms with Crippen LogP contribution in [0, 0.1) is 0 Å². The molecule has 0 fully saturated rings. The van der Waals surface area contributed by atoms with Crippen molar-refractivity contribution in [3.63, 3.8) is 0 Å². The van der Waals surface area contributed by atoms with E-state index in [1.165, 1.54) is 12.0 Å². The van der Waals surface area contributed by atoms with E-state index >= 15 is 0 Å². The van der Waals surface area contributed by atoms with Gasteiger partial charge in [0, 0.05) is 0 Å². The van der Waals surface area contributed by atoms with Crippen LogP contribution in [0.25, 0.3) is 11.1 Å². The molecule has 0 amide bonds. The standard InChI is InChI=1S/C11H14N2O/c1-2-12-6-5-9-3-4-11-10(7-9)13-8-14-11/h3-4,7-8,12H,2,5-6H2,1H3. The average Bonchev–Trinajstić information content (AvgIpc) is 2.65. The van der Waals surface area contributed by atoms with Crippen molar-refractivity contribution in [2.45, 2.75) is 13.3 Å². The Morgan fingerprint density at radius 1 is 1.43 bits per heavy atom. The summed E-state index contributed by atoms with van der Waals surface area (Å²) in [7, 11) is 0. The number of hydrogen-bond acceptors (Lipinski definition) is 3. The highest BCUT2D eigenvalue weighted by Crippen LogP contribution is 2.14. The van der Waals surface area contributed by atoms with Gasteiger partial charge in [0.2, 0.25) is 0 Å². The molecule has 2 aromatic rings. The SMILES string of the molecule is CCNCCc1ccc2ocnc2c1. The number of hydrogen-bond donors (Lipinski definition) is 1. The van der Waals surface area contributed by atoms with E-state index in [2.05, 4.69) is 29.4 Å². The Morgan fingerprint density at radius 2 is 2.36 bits per heavy atom. The molecule has 3 heteroatoms. The van der Waals surface area contributed by atoms with Gasteiger partial charge in [-0.15, -0.1) is 0 Å². The molecule has 0 atom stereocenters. The highest BCUT2D eigenvalue weighted by atomic mass is 16.3. The summed E-state index contributed by atoms with van der Waals surface area (Å²) in [6.45, 7) is 4.15. The summed E-state index contributed by atoms with van der Waals surface area (Å²) >= 11 is 0. The second-order valence-corrected chi connectivity index (χ2v) is 3.26. The van der Waals surface area contributed by atoms with E-state index in [-0.39, 0.29) is 0 Å². The minimum absolute atomic E-state index is 0.859. The summed E-state index contributed by atoms with van der Waals surface area (Å²) in [5.41, 5.74) is 3.10. The predicted molar refractivity (Wildman–Crippen MR) is 56.3 cm³/mol. The Kier molecular flexibility index (Phi) is 2.79. The van der Waals surface area contributed by atoms with Crippen molar-refractivity contribution >= 4 is 11.1 Å². The lowest BCUT2D eigenvalue weighted by atomic mass is 10.1. The topological polar surface area (TPSA) is 38.1 Å². The number of fused-ring (bicyclic) bond motifs is 1. The summed E-state index contributed by atoms with van der Waals surface area (Å²) < 4.78 is 5.17. The fraction of sp³-hybridized carbons (Fsp3) is 0.364. The first-order chi connectivity index (χ1) is 6.90. The molecule has 0 bridgehead atoms. The number of rotatable bonds is 4. The number of likely N-dealkylation sites (N-methyl/N-ethyl adjacent to an activating group) is 1. The van der Waals surface area contributed by atoms with E-state index in [9.17, 15) is 0 Å². The zero-order valence-electron chi connectivity index (χ0n) is 8.29. The van der Waals surface area contributed by atoms with Crippen LogP contribution in [-0.2, 0) is 6.42 Å². The van der Waals surface area contributed by atoms with Crippen LogP contribution in [0.3, 0.4) is 0 Å². The minimum Gasteiger partial charge on any atom is -0.443 e. The van der Waals surface area contributed by atoms with Crippen molar-refractivity contribution in [1.82, 2.24) is 10.3 Å². The maximum atomic E-state index is 5.17. The van der Waals surface area contributed by atoms with Crippen molar-refractivity contribution in [1.29, 1.82) is 0 Å². The van der Waals surface area contributed by atoms with Crippen LogP contribution < -0.4 is 5.32 Å². The van der Waals surface area contributed by atoms with Gasteiger partial charge >= 0.3 is 0 Å². The molecule has 0 unspecified atom stereocenters. The van der Waals surface area contributed by atoms with E-state index in [0.29, 0.717) is 0 Å². The maximum Gasteiger partial charge on any atom is 0.181 e. The van der Waals surface area contributed by atoms with Gasteiger partial charge < -0.3 is 9.73 Å². The number of nitrogens with zero attached hydrogens (tertiary/aromatic N) is 1. The zero-order valence-corrected chi connectivity index (χ0v) is 8.29. The molecule has 1 aromatic carbocycles. The third-order valence-corrected chi connectivity index (χ3v) is 2.24. The lowest BCUT2D eigenvalue weighted by Gasteiger charge is -2.01. The molecular formula is C11H14N2O. The Morgan fingerprint density at radius 3 is 3.21 bits per heavy atom. The van der Waals surface area contributed by atoms with Crippen molar-refractivity contribution in [2.75, 3.05) is 13.1 Å². The fourth-order valence-electron chi connectivity index (χ4n) is 1.47. The van der Waals surface area contributed by atoms with Crippen molar-refractivity contribution in [2.24, 2.45) is 0 Å². The molecule has 1 heterocycles. The molecule has 0 radical (unpaired) electrons. The van der Waals surface area contributed by atoms with Crippen LogP contribution in [0.2, 0.25) is 0 Å². The molecule has 1 N–H and O–H groups in total. The van der Waals surface area contributed by atoms with Gasteiger partial charge in [-0.25, -0.2) is 4.98 Å². The van der Waals surface area contributed by atoms with E-state index in [1.54, 1.807) is 0 Å². The molecule has 0 aliphatic heterocycles. The molecule has 1 aromatic heterocycles. The van der Waals surface area contributed by atoms with E-state index in [4.69, 9.17) is 4.42 Å². The number of aromatic nitrogens is 1. The molecule has 74 valence electrons. The molecule has 0 saturated heterocycles. The monoisotopic (exact) mass is 190 g/mol. The Bertz CT molecular complexity index is 408. The second-order valence-electron chi connectivity index (χ2n) is 3.26. The smallest absolute Gasteiger partial charge is 0.181 e. The van der Waals surface area contributed by atoms with Gasteiger partial charge in [-0.05, 0) is 37.2 Å². The van der Waals surface area contributed by atoms with E-state index in [0.717, 1.165) is 30.6 Å². The maximum absolute atomic E-state index is 5.17. The first-order valence-electron chi connectivity index (χ1n) is 4.93. The molecular weight excluding hydrogens is 176 g/mol. The first-order valence-corrected chi connectivity index (χ1v) is 4.93. The fourth-order valence-corrected chi connectivity index (χ4v) is 1.47. The van der Waals surface area contributed by atoms with E-state index < -0.39 is 0 Å². The van der Waals surface area contributed by atoms with Crippen LogP contribution in [0.5, 0.6) is 0 Å². The highest BCUT2D eigenvalue weighted by Gasteiger charge is 1.99.